The van der Waals surface area contributed by atoms with Crippen LogP contribution in [0.15, 0.2) is 24.3 Å². The average molecular weight is 271 g/mol. The smallest absolute Gasteiger partial charge is 0.147 e. The highest BCUT2D eigenvalue weighted by Crippen LogP contribution is 2.33. The van der Waals surface area contributed by atoms with Crippen molar-refractivity contribution in [2.75, 3.05) is 25.1 Å². The summed E-state index contributed by atoms with van der Waals surface area (Å²) in [6.07, 6.45) is 2.65. The van der Waals surface area contributed by atoms with Crippen molar-refractivity contribution in [3.05, 3.63) is 35.6 Å². The second-order valence-electron chi connectivity index (χ2n) is 5.13. The van der Waals surface area contributed by atoms with Crippen LogP contribution in [-0.4, -0.2) is 33.5 Å². The molecule has 3 nitrogen and oxygen atoms in total. The minimum atomic E-state index is -2.92. The molecule has 1 aliphatic heterocycles. The number of sulfone groups is 1. The topological polar surface area (TPSA) is 46.2 Å². The van der Waals surface area contributed by atoms with Gasteiger partial charge < -0.3 is 5.32 Å². The summed E-state index contributed by atoms with van der Waals surface area (Å²) in [5, 5.41) is 3.20. The Morgan fingerprint density at radius 3 is 2.61 bits per heavy atom. The molecule has 1 heterocycles. The molecule has 0 amide bonds. The van der Waals surface area contributed by atoms with Crippen molar-refractivity contribution < 1.29 is 12.8 Å². The molecule has 0 bridgehead atoms. The molecule has 1 saturated heterocycles. The van der Waals surface area contributed by atoms with E-state index in [1.165, 1.54) is 12.3 Å². The van der Waals surface area contributed by atoms with E-state index in [1.807, 2.05) is 6.07 Å². The lowest BCUT2D eigenvalue weighted by atomic mass is 9.72. The Bertz CT molecular complexity index is 524. The molecule has 0 unspecified atom stereocenters. The second-order valence-corrected chi connectivity index (χ2v) is 7.39. The van der Waals surface area contributed by atoms with Gasteiger partial charge in [0, 0.05) is 30.5 Å². The Balaban J connectivity index is 2.07. The van der Waals surface area contributed by atoms with Crippen molar-refractivity contribution in [3.63, 3.8) is 0 Å². The predicted octanol–water partition coefficient (Wildman–Crippen LogP) is 1.49. The van der Waals surface area contributed by atoms with E-state index in [0.717, 1.165) is 25.1 Å². The van der Waals surface area contributed by atoms with Gasteiger partial charge in [0.1, 0.15) is 15.7 Å². The number of nitrogens with one attached hydrogen (secondary N) is 1. The van der Waals surface area contributed by atoms with E-state index in [2.05, 4.69) is 5.32 Å². The SMILES string of the molecule is CS(=O)(=O)CCCC1(c2cccc(F)c2)CNC1. The van der Waals surface area contributed by atoms with Crippen LogP contribution in [0.1, 0.15) is 18.4 Å². The quantitative estimate of drug-likeness (QED) is 0.882. The lowest BCUT2D eigenvalue weighted by molar-refractivity contribution is 0.255. The van der Waals surface area contributed by atoms with Crippen LogP contribution in [0.4, 0.5) is 4.39 Å². The fraction of sp³-hybridized carbons (Fsp3) is 0.538. The maximum Gasteiger partial charge on any atom is 0.147 e. The molecule has 2 rings (SSSR count). The monoisotopic (exact) mass is 271 g/mol. The van der Waals surface area contributed by atoms with Crippen LogP contribution in [0.3, 0.4) is 0 Å². The van der Waals surface area contributed by atoms with Crippen LogP contribution >= 0.6 is 0 Å². The van der Waals surface area contributed by atoms with E-state index in [9.17, 15) is 12.8 Å². The largest absolute Gasteiger partial charge is 0.315 e. The van der Waals surface area contributed by atoms with Gasteiger partial charge in [0.05, 0.1) is 0 Å². The highest BCUT2D eigenvalue weighted by atomic mass is 32.2. The normalized spacial score (nSPS) is 18.3. The van der Waals surface area contributed by atoms with Gasteiger partial charge in [0.25, 0.3) is 0 Å². The van der Waals surface area contributed by atoms with Crippen molar-refractivity contribution >= 4 is 9.84 Å². The van der Waals surface area contributed by atoms with Crippen LogP contribution in [0, 0.1) is 5.82 Å². The summed E-state index contributed by atoms with van der Waals surface area (Å²) in [5.74, 6) is -0.0359. The van der Waals surface area contributed by atoms with Crippen LogP contribution < -0.4 is 5.32 Å². The first-order valence-electron chi connectivity index (χ1n) is 6.06. The molecular formula is C13H18FNO2S. The third-order valence-electron chi connectivity index (χ3n) is 3.53. The van der Waals surface area contributed by atoms with E-state index < -0.39 is 9.84 Å². The van der Waals surface area contributed by atoms with Crippen molar-refractivity contribution in [1.29, 1.82) is 0 Å². The summed E-state index contributed by atoms with van der Waals surface area (Å²) in [7, 11) is -2.92. The van der Waals surface area contributed by atoms with Gasteiger partial charge in [-0.2, -0.15) is 0 Å². The Hall–Kier alpha value is -0.940. The molecule has 0 saturated carbocycles. The fourth-order valence-corrected chi connectivity index (χ4v) is 3.11. The van der Waals surface area contributed by atoms with E-state index >= 15 is 0 Å². The molecule has 1 fully saturated rings. The summed E-state index contributed by atoms with van der Waals surface area (Å²) >= 11 is 0. The summed E-state index contributed by atoms with van der Waals surface area (Å²) < 4.78 is 35.5. The molecule has 1 N–H and O–H groups in total. The molecule has 0 radical (unpaired) electrons. The summed E-state index contributed by atoms with van der Waals surface area (Å²) in [5.41, 5.74) is 0.877. The zero-order chi connectivity index (χ0) is 13.2. The van der Waals surface area contributed by atoms with Gasteiger partial charge in [-0.1, -0.05) is 12.1 Å². The van der Waals surface area contributed by atoms with Gasteiger partial charge in [-0.05, 0) is 30.5 Å². The first kappa shape index (κ1) is 13.5. The van der Waals surface area contributed by atoms with Gasteiger partial charge in [0.2, 0.25) is 0 Å². The number of benzene rings is 1. The zero-order valence-corrected chi connectivity index (χ0v) is 11.3. The Labute approximate surface area is 107 Å². The molecule has 0 aliphatic carbocycles. The predicted molar refractivity (Wildman–Crippen MR) is 69.9 cm³/mol. The van der Waals surface area contributed by atoms with Crippen molar-refractivity contribution in [3.8, 4) is 0 Å². The van der Waals surface area contributed by atoms with E-state index in [4.69, 9.17) is 0 Å². The molecule has 100 valence electrons. The average Bonchev–Trinajstić information content (AvgIpc) is 2.20. The van der Waals surface area contributed by atoms with Crippen molar-refractivity contribution in [1.82, 2.24) is 5.32 Å². The zero-order valence-electron chi connectivity index (χ0n) is 10.4. The minimum absolute atomic E-state index is 0.0905. The molecule has 0 spiro atoms. The van der Waals surface area contributed by atoms with Crippen LogP contribution in [-0.2, 0) is 15.3 Å². The standard InChI is InChI=1S/C13H18FNO2S/c1-18(16,17)7-3-6-13(9-15-10-13)11-4-2-5-12(14)8-11/h2,4-5,8,15H,3,6-7,9-10H2,1H3. The maximum atomic E-state index is 13.3. The van der Waals surface area contributed by atoms with Crippen LogP contribution in [0.5, 0.6) is 0 Å². The van der Waals surface area contributed by atoms with Gasteiger partial charge in [-0.3, -0.25) is 0 Å². The molecule has 1 aromatic carbocycles. The number of halogens is 1. The van der Waals surface area contributed by atoms with Crippen molar-refractivity contribution in [2.24, 2.45) is 0 Å². The highest BCUT2D eigenvalue weighted by molar-refractivity contribution is 7.90. The molecule has 5 heteroatoms. The maximum absolute atomic E-state index is 13.3. The summed E-state index contributed by atoms with van der Waals surface area (Å²) in [4.78, 5) is 0. The Kier molecular flexibility index (Phi) is 3.73. The van der Waals surface area contributed by atoms with E-state index in [1.54, 1.807) is 12.1 Å². The molecular weight excluding hydrogens is 253 g/mol. The third kappa shape index (κ3) is 3.09. The highest BCUT2D eigenvalue weighted by Gasteiger charge is 2.38. The Morgan fingerprint density at radius 1 is 1.39 bits per heavy atom. The summed E-state index contributed by atoms with van der Waals surface area (Å²) in [6, 6.07) is 6.62. The molecule has 1 aliphatic rings. The van der Waals surface area contributed by atoms with E-state index in [0.29, 0.717) is 6.42 Å². The molecule has 1 aromatic rings. The molecule has 18 heavy (non-hydrogen) atoms. The molecule has 0 atom stereocenters. The van der Waals surface area contributed by atoms with Gasteiger partial charge >= 0.3 is 0 Å². The fourth-order valence-electron chi connectivity index (χ4n) is 2.44. The first-order chi connectivity index (χ1) is 8.41. The second kappa shape index (κ2) is 4.97. The third-order valence-corrected chi connectivity index (χ3v) is 4.56. The first-order valence-corrected chi connectivity index (χ1v) is 8.12. The lowest BCUT2D eigenvalue weighted by Gasteiger charge is -2.43. The van der Waals surface area contributed by atoms with Gasteiger partial charge in [0.15, 0.2) is 0 Å². The van der Waals surface area contributed by atoms with Crippen molar-refractivity contribution in [2.45, 2.75) is 18.3 Å². The number of rotatable bonds is 5. The minimum Gasteiger partial charge on any atom is -0.315 e. The summed E-state index contributed by atoms with van der Waals surface area (Å²) in [6.45, 7) is 1.58. The lowest BCUT2D eigenvalue weighted by Crippen LogP contribution is -2.56. The van der Waals surface area contributed by atoms with Crippen LogP contribution in [0.2, 0.25) is 0 Å². The van der Waals surface area contributed by atoms with Crippen LogP contribution in [0.25, 0.3) is 0 Å². The molecule has 0 aromatic heterocycles. The van der Waals surface area contributed by atoms with Gasteiger partial charge in [-0.25, -0.2) is 12.8 Å². The van der Waals surface area contributed by atoms with E-state index in [-0.39, 0.29) is 17.0 Å². The van der Waals surface area contributed by atoms with Gasteiger partial charge in [-0.15, -0.1) is 0 Å². The number of hydrogen-bond donors (Lipinski definition) is 1. The number of hydrogen-bond acceptors (Lipinski definition) is 3. The Morgan fingerprint density at radius 2 is 2.11 bits per heavy atom.